The molecule has 1 aliphatic rings. The van der Waals surface area contributed by atoms with Crippen molar-refractivity contribution < 1.29 is 14.3 Å². The van der Waals surface area contributed by atoms with Gasteiger partial charge in [-0.25, -0.2) is 0 Å². The highest BCUT2D eigenvalue weighted by Crippen LogP contribution is 2.31. The van der Waals surface area contributed by atoms with Crippen LogP contribution in [0.3, 0.4) is 0 Å². The van der Waals surface area contributed by atoms with Crippen LogP contribution in [0.1, 0.15) is 10.4 Å². The van der Waals surface area contributed by atoms with E-state index < -0.39 is 0 Å². The van der Waals surface area contributed by atoms with Crippen LogP contribution < -0.4 is 14.8 Å². The summed E-state index contributed by atoms with van der Waals surface area (Å²) in [4.78, 5) is 12.5. The number of benzene rings is 2. The molecule has 1 atom stereocenters. The Bertz CT molecular complexity index is 1160. The van der Waals surface area contributed by atoms with Crippen LogP contribution in [0.25, 0.3) is 11.0 Å². The molecule has 2 aromatic heterocycles. The number of carbonyl (C=O) groups excluding carboxylic acids is 1. The standard InChI is InChI=1S/C19H15N5O3S/c25-19(12-5-6-15-16(7-12)23-28-22-15)21-13-8-20-24(9-13)10-14-11-26-17-3-1-2-4-18(17)27-14/h1-9,14H,10-11H2,(H,21,25). The van der Waals surface area contributed by atoms with Crippen molar-refractivity contribution in [3.8, 4) is 11.5 Å². The van der Waals surface area contributed by atoms with Crippen LogP contribution >= 0.6 is 11.7 Å². The molecule has 2 aromatic carbocycles. The zero-order valence-corrected chi connectivity index (χ0v) is 15.4. The van der Waals surface area contributed by atoms with E-state index in [1.165, 1.54) is 0 Å². The number of nitrogens with one attached hydrogen (secondary N) is 1. The number of hydrogen-bond acceptors (Lipinski definition) is 7. The predicted octanol–water partition coefficient (Wildman–Crippen LogP) is 2.98. The molecule has 0 fully saturated rings. The van der Waals surface area contributed by atoms with E-state index in [0.717, 1.165) is 28.7 Å². The largest absolute Gasteiger partial charge is 0.486 e. The highest BCUT2D eigenvalue weighted by atomic mass is 32.1. The molecule has 1 unspecified atom stereocenters. The molecule has 140 valence electrons. The number of carbonyl (C=O) groups is 1. The van der Waals surface area contributed by atoms with Gasteiger partial charge in [-0.05, 0) is 30.3 Å². The van der Waals surface area contributed by atoms with Gasteiger partial charge in [-0.15, -0.1) is 0 Å². The molecule has 8 nitrogen and oxygen atoms in total. The maximum atomic E-state index is 12.5. The molecular weight excluding hydrogens is 378 g/mol. The molecule has 5 rings (SSSR count). The van der Waals surface area contributed by atoms with Crippen LogP contribution in [0.4, 0.5) is 5.69 Å². The lowest BCUT2D eigenvalue weighted by atomic mass is 10.2. The third kappa shape index (κ3) is 3.27. The van der Waals surface area contributed by atoms with E-state index in [2.05, 4.69) is 19.2 Å². The summed E-state index contributed by atoms with van der Waals surface area (Å²) >= 11 is 1.13. The fourth-order valence-corrected chi connectivity index (χ4v) is 3.53. The number of nitrogens with zero attached hydrogens (tertiary/aromatic N) is 4. The van der Waals surface area contributed by atoms with Crippen LogP contribution in [0.15, 0.2) is 54.9 Å². The van der Waals surface area contributed by atoms with Crippen molar-refractivity contribution in [2.45, 2.75) is 12.6 Å². The van der Waals surface area contributed by atoms with Gasteiger partial charge in [0.15, 0.2) is 17.6 Å². The molecule has 1 aliphatic heterocycles. The van der Waals surface area contributed by atoms with E-state index in [0.29, 0.717) is 29.9 Å². The van der Waals surface area contributed by atoms with Crippen molar-refractivity contribution in [1.82, 2.24) is 18.5 Å². The minimum atomic E-state index is -0.222. The van der Waals surface area contributed by atoms with Crippen LogP contribution in [-0.4, -0.2) is 37.1 Å². The number of fused-ring (bicyclic) bond motifs is 2. The third-order valence-electron chi connectivity index (χ3n) is 4.37. The van der Waals surface area contributed by atoms with Gasteiger partial charge in [0, 0.05) is 11.8 Å². The van der Waals surface area contributed by atoms with Crippen LogP contribution in [-0.2, 0) is 6.54 Å². The molecule has 0 bridgehead atoms. The summed E-state index contributed by atoms with van der Waals surface area (Å²) < 4.78 is 21.7. The van der Waals surface area contributed by atoms with Crippen molar-refractivity contribution in [3.63, 3.8) is 0 Å². The van der Waals surface area contributed by atoms with E-state index >= 15 is 0 Å². The van der Waals surface area contributed by atoms with Crippen LogP contribution in [0.5, 0.6) is 11.5 Å². The molecule has 0 aliphatic carbocycles. The molecule has 0 spiro atoms. The van der Waals surface area contributed by atoms with Crippen LogP contribution in [0, 0.1) is 0 Å². The van der Waals surface area contributed by atoms with E-state index in [9.17, 15) is 4.79 Å². The Labute approximate surface area is 164 Å². The topological polar surface area (TPSA) is 91.2 Å². The van der Waals surface area contributed by atoms with E-state index in [1.807, 2.05) is 24.3 Å². The molecule has 0 saturated carbocycles. The Morgan fingerprint density at radius 3 is 2.96 bits per heavy atom. The van der Waals surface area contributed by atoms with Gasteiger partial charge in [0.2, 0.25) is 0 Å². The smallest absolute Gasteiger partial charge is 0.255 e. The molecule has 0 radical (unpaired) electrons. The van der Waals surface area contributed by atoms with Gasteiger partial charge in [0.25, 0.3) is 5.91 Å². The lowest BCUT2D eigenvalue weighted by Crippen LogP contribution is -2.33. The van der Waals surface area contributed by atoms with E-state index in [4.69, 9.17) is 9.47 Å². The number of aromatic nitrogens is 4. The van der Waals surface area contributed by atoms with Gasteiger partial charge < -0.3 is 14.8 Å². The zero-order valence-electron chi connectivity index (χ0n) is 14.6. The quantitative estimate of drug-likeness (QED) is 0.573. The van der Waals surface area contributed by atoms with Crippen molar-refractivity contribution in [2.24, 2.45) is 0 Å². The normalized spacial score (nSPS) is 15.5. The summed E-state index contributed by atoms with van der Waals surface area (Å²) in [5.74, 6) is 1.26. The molecule has 28 heavy (non-hydrogen) atoms. The highest BCUT2D eigenvalue weighted by molar-refractivity contribution is 7.00. The maximum absolute atomic E-state index is 12.5. The van der Waals surface area contributed by atoms with Gasteiger partial charge in [0.1, 0.15) is 17.6 Å². The Hall–Kier alpha value is -3.46. The molecule has 9 heteroatoms. The molecule has 1 amide bonds. The number of para-hydroxylation sites is 2. The van der Waals surface area contributed by atoms with Crippen molar-refractivity contribution in [2.75, 3.05) is 11.9 Å². The SMILES string of the molecule is O=C(Nc1cnn(CC2COc3ccccc3O2)c1)c1ccc2nsnc2c1. The van der Waals surface area contributed by atoms with Gasteiger partial charge in [-0.3, -0.25) is 9.48 Å². The molecular formula is C19H15N5O3S. The Morgan fingerprint density at radius 2 is 2.04 bits per heavy atom. The fraction of sp³-hybridized carbons (Fsp3) is 0.158. The lowest BCUT2D eigenvalue weighted by Gasteiger charge is -2.26. The Kier molecular flexibility index (Phi) is 4.13. The predicted molar refractivity (Wildman–Crippen MR) is 104 cm³/mol. The Balaban J connectivity index is 1.24. The van der Waals surface area contributed by atoms with Gasteiger partial charge in [-0.2, -0.15) is 13.8 Å². The van der Waals surface area contributed by atoms with Gasteiger partial charge >= 0.3 is 0 Å². The fourth-order valence-electron chi connectivity index (χ4n) is 3.02. The van der Waals surface area contributed by atoms with Gasteiger partial charge in [-0.1, -0.05) is 12.1 Å². The van der Waals surface area contributed by atoms with Crippen LogP contribution in [0.2, 0.25) is 0 Å². The summed E-state index contributed by atoms with van der Waals surface area (Å²) in [6.07, 6.45) is 3.22. The van der Waals surface area contributed by atoms with E-state index in [1.54, 1.807) is 35.3 Å². The second-order valence-electron chi connectivity index (χ2n) is 6.37. The first kappa shape index (κ1) is 16.7. The maximum Gasteiger partial charge on any atom is 0.255 e. The minimum Gasteiger partial charge on any atom is -0.486 e. The molecule has 0 saturated heterocycles. The Morgan fingerprint density at radius 1 is 1.18 bits per heavy atom. The summed E-state index contributed by atoms with van der Waals surface area (Å²) in [6, 6.07) is 12.8. The molecule has 4 aromatic rings. The lowest BCUT2D eigenvalue weighted by molar-refractivity contribution is 0.0759. The number of anilines is 1. The van der Waals surface area contributed by atoms with Crippen molar-refractivity contribution in [3.05, 3.63) is 60.4 Å². The number of amides is 1. The van der Waals surface area contributed by atoms with E-state index in [-0.39, 0.29) is 12.0 Å². The number of rotatable bonds is 4. The first-order valence-electron chi connectivity index (χ1n) is 8.69. The number of ether oxygens (including phenoxy) is 2. The monoisotopic (exact) mass is 393 g/mol. The summed E-state index contributed by atoms with van der Waals surface area (Å²) in [6.45, 7) is 0.959. The van der Waals surface area contributed by atoms with Crippen molar-refractivity contribution >= 4 is 34.4 Å². The molecule has 1 N–H and O–H groups in total. The summed E-state index contributed by atoms with van der Waals surface area (Å²) in [5.41, 5.74) is 2.63. The first-order chi connectivity index (χ1) is 13.7. The van der Waals surface area contributed by atoms with Gasteiger partial charge in [0.05, 0.1) is 30.2 Å². The number of hydrogen-bond donors (Lipinski definition) is 1. The third-order valence-corrected chi connectivity index (χ3v) is 4.92. The molecule has 3 heterocycles. The second-order valence-corrected chi connectivity index (χ2v) is 6.90. The first-order valence-corrected chi connectivity index (χ1v) is 9.42. The summed E-state index contributed by atoms with van der Waals surface area (Å²) in [7, 11) is 0. The summed E-state index contributed by atoms with van der Waals surface area (Å²) in [5, 5.41) is 7.15. The average Bonchev–Trinajstić information content (AvgIpc) is 3.36. The average molecular weight is 393 g/mol. The second kappa shape index (κ2) is 6.93. The highest BCUT2D eigenvalue weighted by Gasteiger charge is 2.21. The van der Waals surface area contributed by atoms with Crippen molar-refractivity contribution in [1.29, 1.82) is 0 Å². The zero-order chi connectivity index (χ0) is 18.9. The minimum absolute atomic E-state index is 0.155.